The van der Waals surface area contributed by atoms with E-state index >= 15 is 0 Å². The van der Waals surface area contributed by atoms with E-state index in [2.05, 4.69) is 24.2 Å². The fraction of sp³-hybridized carbons (Fsp3) is 1.00. The maximum absolute atomic E-state index is 3.53. The van der Waals surface area contributed by atoms with Gasteiger partial charge in [-0.1, -0.05) is 19.3 Å². The van der Waals surface area contributed by atoms with E-state index in [0.29, 0.717) is 0 Å². The average molecular weight is 224 g/mol. The maximum atomic E-state index is 3.53. The quantitative estimate of drug-likeness (QED) is 0.793. The molecule has 3 atom stereocenters. The predicted molar refractivity (Wildman–Crippen MR) is 69.7 cm³/mol. The molecule has 0 aromatic rings. The van der Waals surface area contributed by atoms with Crippen LogP contribution in [0.4, 0.5) is 0 Å². The van der Waals surface area contributed by atoms with Gasteiger partial charge in [-0.05, 0) is 52.1 Å². The van der Waals surface area contributed by atoms with E-state index in [1.807, 2.05) is 0 Å². The number of nitrogens with zero attached hydrogens (tertiary/aromatic N) is 1. The first-order chi connectivity index (χ1) is 7.81. The van der Waals surface area contributed by atoms with Crippen molar-refractivity contribution in [3.63, 3.8) is 0 Å². The number of rotatable bonds is 3. The highest BCUT2D eigenvalue weighted by Crippen LogP contribution is 2.27. The van der Waals surface area contributed by atoms with Crippen molar-refractivity contribution in [1.82, 2.24) is 10.2 Å². The third kappa shape index (κ3) is 2.98. The summed E-state index contributed by atoms with van der Waals surface area (Å²) < 4.78 is 0. The van der Waals surface area contributed by atoms with Gasteiger partial charge in [-0.2, -0.15) is 0 Å². The van der Waals surface area contributed by atoms with Crippen LogP contribution < -0.4 is 5.32 Å². The number of piperidine rings is 1. The van der Waals surface area contributed by atoms with Crippen LogP contribution in [-0.4, -0.2) is 37.1 Å². The van der Waals surface area contributed by atoms with Crippen molar-refractivity contribution in [2.24, 2.45) is 5.92 Å². The zero-order valence-electron chi connectivity index (χ0n) is 11.0. The lowest BCUT2D eigenvalue weighted by atomic mass is 9.83. The number of hydrogen-bond donors (Lipinski definition) is 1. The molecule has 2 fully saturated rings. The third-order valence-electron chi connectivity index (χ3n) is 4.69. The Morgan fingerprint density at radius 1 is 1.06 bits per heavy atom. The molecule has 2 nitrogen and oxygen atoms in total. The molecule has 1 aliphatic heterocycles. The zero-order chi connectivity index (χ0) is 11.4. The third-order valence-corrected chi connectivity index (χ3v) is 4.69. The molecule has 2 aliphatic rings. The van der Waals surface area contributed by atoms with Crippen LogP contribution in [0.5, 0.6) is 0 Å². The van der Waals surface area contributed by atoms with Gasteiger partial charge in [0.05, 0.1) is 0 Å². The normalized spacial score (nSPS) is 37.5. The number of nitrogens with one attached hydrogen (secondary N) is 1. The second-order valence-corrected chi connectivity index (χ2v) is 5.78. The molecule has 1 saturated heterocycles. The summed E-state index contributed by atoms with van der Waals surface area (Å²) >= 11 is 0. The first-order valence-corrected chi connectivity index (χ1v) is 7.22. The van der Waals surface area contributed by atoms with Crippen LogP contribution >= 0.6 is 0 Å². The van der Waals surface area contributed by atoms with E-state index in [1.165, 1.54) is 58.0 Å². The fourth-order valence-corrected chi connectivity index (χ4v) is 3.54. The van der Waals surface area contributed by atoms with Crippen molar-refractivity contribution in [3.8, 4) is 0 Å². The summed E-state index contributed by atoms with van der Waals surface area (Å²) in [5.41, 5.74) is 0. The molecule has 0 radical (unpaired) electrons. The van der Waals surface area contributed by atoms with E-state index in [4.69, 9.17) is 0 Å². The lowest BCUT2D eigenvalue weighted by Crippen LogP contribution is -2.46. The molecule has 3 unspecified atom stereocenters. The minimum absolute atomic E-state index is 0.780. The van der Waals surface area contributed by atoms with Gasteiger partial charge in [0.2, 0.25) is 0 Å². The molecule has 2 rings (SSSR count). The first-order valence-electron chi connectivity index (χ1n) is 7.22. The Morgan fingerprint density at radius 2 is 1.81 bits per heavy atom. The van der Waals surface area contributed by atoms with Crippen molar-refractivity contribution >= 4 is 0 Å². The monoisotopic (exact) mass is 224 g/mol. The largest absolute Gasteiger partial charge is 0.317 e. The molecule has 1 aliphatic carbocycles. The summed E-state index contributed by atoms with van der Waals surface area (Å²) in [6.07, 6.45) is 9.98. The standard InChI is InChI=1S/C14H28N2/c1-12-7-5-6-10-16(12)11-13-8-3-4-9-14(13)15-2/h12-15H,3-11H2,1-2H3. The van der Waals surface area contributed by atoms with Gasteiger partial charge in [0.1, 0.15) is 0 Å². The van der Waals surface area contributed by atoms with Crippen LogP contribution in [0.15, 0.2) is 0 Å². The lowest BCUT2D eigenvalue weighted by molar-refractivity contribution is 0.109. The summed E-state index contributed by atoms with van der Waals surface area (Å²) in [7, 11) is 2.14. The zero-order valence-corrected chi connectivity index (χ0v) is 11.0. The van der Waals surface area contributed by atoms with Gasteiger partial charge in [-0.15, -0.1) is 0 Å². The van der Waals surface area contributed by atoms with Crippen LogP contribution in [-0.2, 0) is 0 Å². The predicted octanol–water partition coefficient (Wildman–Crippen LogP) is 2.64. The van der Waals surface area contributed by atoms with Gasteiger partial charge >= 0.3 is 0 Å². The molecule has 16 heavy (non-hydrogen) atoms. The molecule has 0 amide bonds. The van der Waals surface area contributed by atoms with E-state index < -0.39 is 0 Å². The number of hydrogen-bond acceptors (Lipinski definition) is 2. The molecule has 0 bridgehead atoms. The van der Waals surface area contributed by atoms with Gasteiger partial charge in [0.15, 0.2) is 0 Å². The molecule has 94 valence electrons. The highest BCUT2D eigenvalue weighted by molar-refractivity contribution is 4.84. The van der Waals surface area contributed by atoms with Crippen LogP contribution in [0.2, 0.25) is 0 Å². The fourth-order valence-electron chi connectivity index (χ4n) is 3.54. The van der Waals surface area contributed by atoms with Gasteiger partial charge in [-0.3, -0.25) is 0 Å². The summed E-state index contributed by atoms with van der Waals surface area (Å²) in [5.74, 6) is 0.902. The highest BCUT2D eigenvalue weighted by atomic mass is 15.2. The van der Waals surface area contributed by atoms with Gasteiger partial charge < -0.3 is 10.2 Å². The smallest absolute Gasteiger partial charge is 0.0104 e. The molecule has 2 heteroatoms. The van der Waals surface area contributed by atoms with E-state index in [0.717, 1.165) is 18.0 Å². The SMILES string of the molecule is CNC1CCCCC1CN1CCCCC1C. The average Bonchev–Trinajstić information content (AvgIpc) is 2.33. The molecule has 0 aromatic carbocycles. The Labute approximate surface area is 101 Å². The van der Waals surface area contributed by atoms with Crippen molar-refractivity contribution < 1.29 is 0 Å². The van der Waals surface area contributed by atoms with Crippen molar-refractivity contribution in [1.29, 1.82) is 0 Å². The second kappa shape index (κ2) is 6.02. The first kappa shape index (κ1) is 12.4. The Bertz CT molecular complexity index is 205. The second-order valence-electron chi connectivity index (χ2n) is 5.78. The molecule has 0 spiro atoms. The minimum Gasteiger partial charge on any atom is -0.317 e. The minimum atomic E-state index is 0.780. The highest BCUT2D eigenvalue weighted by Gasteiger charge is 2.28. The topological polar surface area (TPSA) is 15.3 Å². The van der Waals surface area contributed by atoms with Crippen LogP contribution in [0.1, 0.15) is 51.9 Å². The summed E-state index contributed by atoms with van der Waals surface area (Å²) in [6.45, 7) is 5.09. The summed E-state index contributed by atoms with van der Waals surface area (Å²) in [4.78, 5) is 2.74. The van der Waals surface area contributed by atoms with Crippen molar-refractivity contribution in [3.05, 3.63) is 0 Å². The molecular weight excluding hydrogens is 196 g/mol. The summed E-state index contributed by atoms with van der Waals surface area (Å²) in [6, 6.07) is 1.61. The van der Waals surface area contributed by atoms with E-state index in [1.54, 1.807) is 0 Å². The Kier molecular flexibility index (Phi) is 4.66. The van der Waals surface area contributed by atoms with Crippen LogP contribution in [0.3, 0.4) is 0 Å². The Morgan fingerprint density at radius 3 is 2.56 bits per heavy atom. The summed E-state index contributed by atoms with van der Waals surface area (Å²) in [5, 5.41) is 3.53. The number of likely N-dealkylation sites (tertiary alicyclic amines) is 1. The molecular formula is C14H28N2. The van der Waals surface area contributed by atoms with Gasteiger partial charge in [0, 0.05) is 18.6 Å². The van der Waals surface area contributed by atoms with Crippen molar-refractivity contribution in [2.75, 3.05) is 20.1 Å². The van der Waals surface area contributed by atoms with Gasteiger partial charge in [-0.25, -0.2) is 0 Å². The van der Waals surface area contributed by atoms with E-state index in [-0.39, 0.29) is 0 Å². The molecule has 1 N–H and O–H groups in total. The Hall–Kier alpha value is -0.0800. The lowest BCUT2D eigenvalue weighted by Gasteiger charge is -2.40. The van der Waals surface area contributed by atoms with Crippen LogP contribution in [0, 0.1) is 5.92 Å². The van der Waals surface area contributed by atoms with Crippen LogP contribution in [0.25, 0.3) is 0 Å². The molecule has 0 aromatic heterocycles. The van der Waals surface area contributed by atoms with Gasteiger partial charge in [0.25, 0.3) is 0 Å². The molecule has 1 saturated carbocycles. The molecule has 1 heterocycles. The van der Waals surface area contributed by atoms with Crippen molar-refractivity contribution in [2.45, 2.75) is 64.0 Å². The Balaban J connectivity index is 1.86. The maximum Gasteiger partial charge on any atom is 0.0104 e. The van der Waals surface area contributed by atoms with E-state index in [9.17, 15) is 0 Å².